The fourth-order valence-electron chi connectivity index (χ4n) is 3.48. The molecular weight excluding hydrogens is 428 g/mol. The quantitative estimate of drug-likeness (QED) is 0.266. The maximum Gasteiger partial charge on any atom is 0.334 e. The summed E-state index contributed by atoms with van der Waals surface area (Å²) in [5.74, 6) is -1.45. The molecular formula is C25H38O8. The Bertz CT molecular complexity index is 734. The Labute approximate surface area is 196 Å². The molecule has 0 heterocycles. The molecule has 2 aliphatic carbocycles. The van der Waals surface area contributed by atoms with Gasteiger partial charge in [0, 0.05) is 11.1 Å². The van der Waals surface area contributed by atoms with E-state index < -0.39 is 0 Å². The van der Waals surface area contributed by atoms with E-state index in [0.717, 1.165) is 49.7 Å². The molecule has 0 spiro atoms. The minimum atomic E-state index is -0.377. The summed E-state index contributed by atoms with van der Waals surface area (Å²) in [5, 5.41) is 0. The van der Waals surface area contributed by atoms with Crippen LogP contribution in [0.4, 0.5) is 0 Å². The number of hydrogen-bond acceptors (Lipinski definition) is 8. The molecule has 8 nitrogen and oxygen atoms in total. The van der Waals surface area contributed by atoms with Crippen LogP contribution in [-0.4, -0.2) is 50.3 Å². The van der Waals surface area contributed by atoms with E-state index in [0.29, 0.717) is 37.6 Å². The first kappa shape index (κ1) is 28.4. The van der Waals surface area contributed by atoms with E-state index in [4.69, 9.17) is 18.9 Å². The molecule has 0 aromatic heterocycles. The number of hydrogen-bond donors (Lipinski definition) is 0. The third-order valence-corrected chi connectivity index (χ3v) is 5.11. The standard InChI is InChI=1S/C14H22O4.C11H16O4/c1-3-17-13(15)10-12(14(16)18-4-2)11-8-6-5-7-9-11;1-3-14-10(12)7-9(8-5-6-8)11(13)15-4-2/h3-10H2,1-2H3;3-7H2,1-2H3. The second-order valence-electron chi connectivity index (χ2n) is 7.63. The SMILES string of the molecule is CCOC(=O)CC(C(=O)OCC)=C1CC1.CCOC(=O)CC(C(=O)OCC)=C1CCCCC1. The van der Waals surface area contributed by atoms with Crippen LogP contribution in [-0.2, 0) is 38.1 Å². The zero-order chi connectivity index (χ0) is 24.6. The predicted octanol–water partition coefficient (Wildman–Crippen LogP) is 4.36. The van der Waals surface area contributed by atoms with Gasteiger partial charge in [0.1, 0.15) is 0 Å². The topological polar surface area (TPSA) is 105 Å². The fourth-order valence-corrected chi connectivity index (χ4v) is 3.48. The second-order valence-corrected chi connectivity index (χ2v) is 7.63. The normalized spacial score (nSPS) is 14.3. The monoisotopic (exact) mass is 466 g/mol. The van der Waals surface area contributed by atoms with Crippen LogP contribution in [0.25, 0.3) is 0 Å². The van der Waals surface area contributed by atoms with Crippen molar-refractivity contribution in [1.29, 1.82) is 0 Å². The Morgan fingerprint density at radius 2 is 0.909 bits per heavy atom. The first-order valence-electron chi connectivity index (χ1n) is 11.9. The Kier molecular flexibility index (Phi) is 13.8. The second kappa shape index (κ2) is 16.0. The highest BCUT2D eigenvalue weighted by Crippen LogP contribution is 2.33. The molecule has 8 heteroatoms. The van der Waals surface area contributed by atoms with E-state index in [1.807, 2.05) is 0 Å². The van der Waals surface area contributed by atoms with Crippen molar-refractivity contribution in [2.24, 2.45) is 0 Å². The van der Waals surface area contributed by atoms with E-state index in [1.165, 1.54) is 6.42 Å². The van der Waals surface area contributed by atoms with Crippen molar-refractivity contribution in [2.45, 2.75) is 85.5 Å². The van der Waals surface area contributed by atoms with Crippen LogP contribution in [0.15, 0.2) is 22.3 Å². The Morgan fingerprint density at radius 1 is 0.545 bits per heavy atom. The highest BCUT2D eigenvalue weighted by atomic mass is 16.5. The maximum atomic E-state index is 11.9. The molecule has 0 aromatic rings. The molecule has 2 fully saturated rings. The number of ether oxygens (including phenoxy) is 4. The van der Waals surface area contributed by atoms with Crippen molar-refractivity contribution in [1.82, 2.24) is 0 Å². The third kappa shape index (κ3) is 11.2. The molecule has 0 radical (unpaired) electrons. The molecule has 2 saturated carbocycles. The third-order valence-electron chi connectivity index (χ3n) is 5.11. The number of rotatable bonds is 10. The van der Waals surface area contributed by atoms with Crippen molar-refractivity contribution < 1.29 is 38.1 Å². The van der Waals surface area contributed by atoms with E-state index >= 15 is 0 Å². The number of carbonyl (C=O) groups is 4. The summed E-state index contributed by atoms with van der Waals surface area (Å²) in [6.07, 6.45) is 7.04. The first-order valence-corrected chi connectivity index (χ1v) is 11.9. The van der Waals surface area contributed by atoms with Crippen LogP contribution in [0, 0.1) is 0 Å². The minimum absolute atomic E-state index is 0.0437. The van der Waals surface area contributed by atoms with Gasteiger partial charge in [-0.15, -0.1) is 0 Å². The van der Waals surface area contributed by atoms with Gasteiger partial charge in [-0.3, -0.25) is 9.59 Å². The summed E-state index contributed by atoms with van der Waals surface area (Å²) in [5.41, 5.74) is 3.12. The van der Waals surface area contributed by atoms with Gasteiger partial charge in [-0.1, -0.05) is 17.6 Å². The van der Waals surface area contributed by atoms with Crippen LogP contribution >= 0.6 is 0 Å². The molecule has 2 rings (SSSR count). The first-order chi connectivity index (χ1) is 15.9. The van der Waals surface area contributed by atoms with Gasteiger partial charge in [0.25, 0.3) is 0 Å². The Morgan fingerprint density at radius 3 is 1.24 bits per heavy atom. The van der Waals surface area contributed by atoms with Crippen LogP contribution in [0.3, 0.4) is 0 Å². The summed E-state index contributed by atoms with van der Waals surface area (Å²) in [6.45, 7) is 8.36. The van der Waals surface area contributed by atoms with Crippen molar-refractivity contribution in [3.8, 4) is 0 Å². The molecule has 0 aromatic carbocycles. The summed E-state index contributed by atoms with van der Waals surface area (Å²) < 4.78 is 19.6. The molecule has 0 bridgehead atoms. The molecule has 186 valence electrons. The average Bonchev–Trinajstić information content (AvgIpc) is 3.63. The van der Waals surface area contributed by atoms with Crippen LogP contribution in [0.5, 0.6) is 0 Å². The van der Waals surface area contributed by atoms with Gasteiger partial charge in [-0.05, 0) is 66.2 Å². The summed E-state index contributed by atoms with van der Waals surface area (Å²) in [7, 11) is 0. The highest BCUT2D eigenvalue weighted by Gasteiger charge is 2.26. The van der Waals surface area contributed by atoms with Gasteiger partial charge in [0.15, 0.2) is 0 Å². The summed E-state index contributed by atoms with van der Waals surface area (Å²) >= 11 is 0. The molecule has 2 aliphatic rings. The zero-order valence-corrected chi connectivity index (χ0v) is 20.5. The molecule has 0 N–H and O–H groups in total. The van der Waals surface area contributed by atoms with Crippen molar-refractivity contribution in [2.75, 3.05) is 26.4 Å². The zero-order valence-electron chi connectivity index (χ0n) is 20.5. The molecule has 0 amide bonds. The number of allylic oxidation sites excluding steroid dienone is 2. The lowest BCUT2D eigenvalue weighted by atomic mass is 9.90. The van der Waals surface area contributed by atoms with E-state index in [1.54, 1.807) is 27.7 Å². The van der Waals surface area contributed by atoms with Crippen LogP contribution in [0.2, 0.25) is 0 Å². The van der Waals surface area contributed by atoms with Gasteiger partial charge in [-0.2, -0.15) is 0 Å². The summed E-state index contributed by atoms with van der Waals surface area (Å²) in [4.78, 5) is 46.1. The number of esters is 4. The molecule has 0 atom stereocenters. The molecule has 33 heavy (non-hydrogen) atoms. The Balaban J connectivity index is 0.000000335. The summed E-state index contributed by atoms with van der Waals surface area (Å²) in [6, 6.07) is 0. The lowest BCUT2D eigenvalue weighted by Gasteiger charge is -2.18. The van der Waals surface area contributed by atoms with Crippen LogP contribution in [0.1, 0.15) is 85.5 Å². The van der Waals surface area contributed by atoms with E-state index in [-0.39, 0.29) is 36.7 Å². The van der Waals surface area contributed by atoms with Crippen LogP contribution < -0.4 is 0 Å². The highest BCUT2D eigenvalue weighted by molar-refractivity contribution is 5.95. The lowest BCUT2D eigenvalue weighted by molar-refractivity contribution is -0.145. The van der Waals surface area contributed by atoms with Gasteiger partial charge in [0.05, 0.1) is 39.3 Å². The molecule has 0 saturated heterocycles. The van der Waals surface area contributed by atoms with Gasteiger partial charge >= 0.3 is 23.9 Å². The van der Waals surface area contributed by atoms with Gasteiger partial charge < -0.3 is 18.9 Å². The average molecular weight is 467 g/mol. The molecule has 0 unspecified atom stereocenters. The van der Waals surface area contributed by atoms with Gasteiger partial charge in [0.2, 0.25) is 0 Å². The minimum Gasteiger partial charge on any atom is -0.466 e. The smallest absolute Gasteiger partial charge is 0.334 e. The van der Waals surface area contributed by atoms with E-state index in [2.05, 4.69) is 0 Å². The lowest BCUT2D eigenvalue weighted by Crippen LogP contribution is -2.16. The predicted molar refractivity (Wildman–Crippen MR) is 122 cm³/mol. The maximum absolute atomic E-state index is 11.9. The Hall–Kier alpha value is -2.64. The number of carbonyl (C=O) groups excluding carboxylic acids is 4. The van der Waals surface area contributed by atoms with Gasteiger partial charge in [-0.25, -0.2) is 9.59 Å². The largest absolute Gasteiger partial charge is 0.466 e. The van der Waals surface area contributed by atoms with E-state index in [9.17, 15) is 19.2 Å². The van der Waals surface area contributed by atoms with Crippen molar-refractivity contribution in [3.63, 3.8) is 0 Å². The van der Waals surface area contributed by atoms with Crippen molar-refractivity contribution >= 4 is 23.9 Å². The van der Waals surface area contributed by atoms with Crippen molar-refractivity contribution in [3.05, 3.63) is 22.3 Å². The fraction of sp³-hybridized carbons (Fsp3) is 0.680. The molecule has 0 aliphatic heterocycles.